The second-order valence-electron chi connectivity index (χ2n) is 6.89. The van der Waals surface area contributed by atoms with Crippen molar-refractivity contribution in [3.63, 3.8) is 0 Å². The Morgan fingerprint density at radius 1 is 1.23 bits per heavy atom. The van der Waals surface area contributed by atoms with Gasteiger partial charge in [0.05, 0.1) is 11.7 Å². The fourth-order valence-electron chi connectivity index (χ4n) is 3.39. The van der Waals surface area contributed by atoms with Crippen LogP contribution >= 0.6 is 15.9 Å². The van der Waals surface area contributed by atoms with E-state index in [0.29, 0.717) is 0 Å². The lowest BCUT2D eigenvalue weighted by atomic mass is 9.97. The number of hydrogen-bond acceptors (Lipinski definition) is 5. The zero-order chi connectivity index (χ0) is 18.8. The van der Waals surface area contributed by atoms with Gasteiger partial charge in [-0.05, 0) is 49.2 Å². The average molecular weight is 416 g/mol. The van der Waals surface area contributed by atoms with Crippen LogP contribution < -0.4 is 21.8 Å². The third-order valence-electron chi connectivity index (χ3n) is 4.67. The van der Waals surface area contributed by atoms with Crippen molar-refractivity contribution in [2.75, 3.05) is 30.9 Å². The Labute approximate surface area is 163 Å². The third kappa shape index (κ3) is 3.81. The van der Waals surface area contributed by atoms with E-state index < -0.39 is 0 Å². The smallest absolute Gasteiger partial charge is 0.0777 e. The fraction of sp³-hybridized carbons (Fsp3) is 0.300. The second-order valence-corrected chi connectivity index (χ2v) is 7.80. The van der Waals surface area contributed by atoms with E-state index in [1.165, 1.54) is 5.56 Å². The quantitative estimate of drug-likeness (QED) is 0.663. The van der Waals surface area contributed by atoms with Crippen molar-refractivity contribution in [1.29, 1.82) is 0 Å². The third-order valence-corrected chi connectivity index (χ3v) is 5.16. The number of allylic oxidation sites excluding steroid dienone is 1. The van der Waals surface area contributed by atoms with E-state index in [0.717, 1.165) is 45.8 Å². The highest BCUT2D eigenvalue weighted by molar-refractivity contribution is 9.10. The summed E-state index contributed by atoms with van der Waals surface area (Å²) in [6, 6.07) is 14.8. The van der Waals surface area contributed by atoms with Gasteiger partial charge in [0.1, 0.15) is 0 Å². The lowest BCUT2D eigenvalue weighted by Crippen LogP contribution is -2.31. The highest BCUT2D eigenvalue weighted by Crippen LogP contribution is 2.36. The minimum absolute atomic E-state index is 0.141. The van der Waals surface area contributed by atoms with Crippen LogP contribution in [-0.4, -0.2) is 25.6 Å². The molecule has 26 heavy (non-hydrogen) atoms. The Balaban J connectivity index is 2.03. The second kappa shape index (κ2) is 7.60. The Hall–Kier alpha value is -2.18. The summed E-state index contributed by atoms with van der Waals surface area (Å²) in [6.07, 6.45) is 0.878. The van der Waals surface area contributed by atoms with E-state index in [9.17, 15) is 0 Å². The molecule has 2 aromatic carbocycles. The molecule has 0 aliphatic carbocycles. The summed E-state index contributed by atoms with van der Waals surface area (Å²) >= 11 is 3.61. The molecule has 0 spiro atoms. The molecule has 6 heteroatoms. The maximum Gasteiger partial charge on any atom is 0.0777 e. The highest BCUT2D eigenvalue weighted by Gasteiger charge is 2.25. The van der Waals surface area contributed by atoms with Crippen LogP contribution in [0.3, 0.4) is 0 Å². The molecule has 1 heterocycles. The van der Waals surface area contributed by atoms with Gasteiger partial charge in [0.25, 0.3) is 0 Å². The lowest BCUT2D eigenvalue weighted by molar-refractivity contribution is 0.402. The summed E-state index contributed by atoms with van der Waals surface area (Å²) in [5.41, 5.74) is 12.3. The molecule has 1 atom stereocenters. The van der Waals surface area contributed by atoms with Crippen LogP contribution in [-0.2, 0) is 0 Å². The average Bonchev–Trinajstić information content (AvgIpc) is 2.72. The molecule has 2 aromatic rings. The van der Waals surface area contributed by atoms with Gasteiger partial charge < -0.3 is 21.0 Å². The maximum absolute atomic E-state index is 6.30. The fourth-order valence-corrected chi connectivity index (χ4v) is 3.77. The molecule has 0 radical (unpaired) electrons. The first-order chi connectivity index (χ1) is 12.4. The Bertz CT molecular complexity index is 827. The summed E-state index contributed by atoms with van der Waals surface area (Å²) in [4.78, 5) is 2.10. The number of hydrogen-bond donors (Lipinski definition) is 3. The highest BCUT2D eigenvalue weighted by atomic mass is 79.9. The van der Waals surface area contributed by atoms with Gasteiger partial charge in [0, 0.05) is 47.7 Å². The number of rotatable bonds is 3. The van der Waals surface area contributed by atoms with Crippen LogP contribution in [0, 0.1) is 0 Å². The van der Waals surface area contributed by atoms with E-state index in [-0.39, 0.29) is 6.04 Å². The summed E-state index contributed by atoms with van der Waals surface area (Å²) in [5, 5.41) is 5.45. The number of nitrogens with zero attached hydrogens (tertiary/aromatic N) is 2. The minimum Gasteiger partial charge on any atom is -0.401 e. The number of fused-ring (bicyclic) bond motifs is 1. The minimum atomic E-state index is 0.141. The van der Waals surface area contributed by atoms with E-state index in [1.807, 2.05) is 27.1 Å². The van der Waals surface area contributed by atoms with Gasteiger partial charge in [0.15, 0.2) is 0 Å². The van der Waals surface area contributed by atoms with Crippen molar-refractivity contribution in [2.45, 2.75) is 19.4 Å². The zero-order valence-electron chi connectivity index (χ0n) is 15.5. The van der Waals surface area contributed by atoms with Gasteiger partial charge in [-0.3, -0.25) is 0 Å². The molecule has 0 aromatic heterocycles. The lowest BCUT2D eigenvalue weighted by Gasteiger charge is -2.22. The first-order valence-electron chi connectivity index (χ1n) is 8.69. The van der Waals surface area contributed by atoms with Crippen LogP contribution in [0.1, 0.15) is 30.5 Å². The largest absolute Gasteiger partial charge is 0.401 e. The van der Waals surface area contributed by atoms with Crippen LogP contribution in [0.4, 0.5) is 11.4 Å². The van der Waals surface area contributed by atoms with Crippen LogP contribution in [0.15, 0.2) is 52.6 Å². The standard InChI is InChI=1S/C20H26BrN5/c1-13(22)20-17-8-7-14(21)11-18(17)19(9-10-26(20)23)24-15-5-4-6-16(12-15)25(2)3/h4-8,11-12,19,24H,9-10,22-23H2,1-3H3/b20-13-. The molecule has 0 fully saturated rings. The summed E-state index contributed by atoms with van der Waals surface area (Å²) in [5.74, 6) is 6.30. The predicted octanol–water partition coefficient (Wildman–Crippen LogP) is 3.89. The van der Waals surface area contributed by atoms with Gasteiger partial charge in [-0.15, -0.1) is 0 Å². The predicted molar refractivity (Wildman–Crippen MR) is 114 cm³/mol. The van der Waals surface area contributed by atoms with Gasteiger partial charge in [0.2, 0.25) is 0 Å². The van der Waals surface area contributed by atoms with Crippen LogP contribution in [0.25, 0.3) is 5.70 Å². The molecule has 138 valence electrons. The van der Waals surface area contributed by atoms with Crippen molar-refractivity contribution >= 4 is 33.0 Å². The number of benzene rings is 2. The van der Waals surface area contributed by atoms with Crippen molar-refractivity contribution in [2.24, 2.45) is 11.6 Å². The van der Waals surface area contributed by atoms with Crippen molar-refractivity contribution in [1.82, 2.24) is 5.01 Å². The summed E-state index contributed by atoms with van der Waals surface area (Å²) in [7, 11) is 4.09. The number of halogens is 1. The van der Waals surface area contributed by atoms with E-state index >= 15 is 0 Å². The van der Waals surface area contributed by atoms with Crippen molar-refractivity contribution < 1.29 is 0 Å². The molecule has 3 rings (SSSR count). The Morgan fingerprint density at radius 2 is 2.00 bits per heavy atom. The Morgan fingerprint density at radius 3 is 2.69 bits per heavy atom. The maximum atomic E-state index is 6.30. The van der Waals surface area contributed by atoms with Crippen LogP contribution in [0.2, 0.25) is 0 Å². The molecule has 0 amide bonds. The number of nitrogens with two attached hydrogens (primary N) is 2. The number of nitrogens with one attached hydrogen (secondary N) is 1. The number of anilines is 2. The topological polar surface area (TPSA) is 70.5 Å². The number of hydrazine groups is 1. The van der Waals surface area contributed by atoms with Gasteiger partial charge in [-0.2, -0.15) is 0 Å². The van der Waals surface area contributed by atoms with Crippen LogP contribution in [0.5, 0.6) is 0 Å². The molecule has 1 aliphatic heterocycles. The van der Waals surface area contributed by atoms with Gasteiger partial charge in [-0.25, -0.2) is 5.84 Å². The van der Waals surface area contributed by atoms with E-state index in [2.05, 4.69) is 62.5 Å². The van der Waals surface area contributed by atoms with Gasteiger partial charge in [-0.1, -0.05) is 28.1 Å². The molecule has 5 nitrogen and oxygen atoms in total. The summed E-state index contributed by atoms with van der Waals surface area (Å²) < 4.78 is 1.05. The summed E-state index contributed by atoms with van der Waals surface area (Å²) in [6.45, 7) is 2.62. The van der Waals surface area contributed by atoms with E-state index in [1.54, 1.807) is 5.01 Å². The molecule has 5 N–H and O–H groups in total. The van der Waals surface area contributed by atoms with Crippen molar-refractivity contribution in [3.8, 4) is 0 Å². The molecular weight excluding hydrogens is 390 g/mol. The molecule has 0 saturated carbocycles. The van der Waals surface area contributed by atoms with Gasteiger partial charge >= 0.3 is 0 Å². The first-order valence-corrected chi connectivity index (χ1v) is 9.48. The molecule has 0 saturated heterocycles. The SMILES string of the molecule is C/C(N)=C1\c2ccc(Br)cc2C(Nc2cccc(N(C)C)c2)CCN1N. The first kappa shape index (κ1) is 18.6. The van der Waals surface area contributed by atoms with E-state index in [4.69, 9.17) is 11.6 Å². The Kier molecular flexibility index (Phi) is 5.44. The normalized spacial score (nSPS) is 18.8. The molecule has 1 aliphatic rings. The molecule has 0 bridgehead atoms. The molecule has 1 unspecified atom stereocenters. The van der Waals surface area contributed by atoms with Crippen molar-refractivity contribution in [3.05, 3.63) is 63.8 Å². The zero-order valence-corrected chi connectivity index (χ0v) is 17.0. The monoisotopic (exact) mass is 415 g/mol. The molecular formula is C20H26BrN5.